The highest BCUT2D eigenvalue weighted by molar-refractivity contribution is 7.99. The predicted molar refractivity (Wildman–Crippen MR) is 54.6 cm³/mol. The second kappa shape index (κ2) is 5.31. The van der Waals surface area contributed by atoms with Crippen LogP contribution in [0.5, 0.6) is 0 Å². The van der Waals surface area contributed by atoms with Crippen LogP contribution in [0.15, 0.2) is 0 Å². The van der Waals surface area contributed by atoms with E-state index in [1.165, 1.54) is 38.5 Å². The Labute approximate surface area is 79.1 Å². The van der Waals surface area contributed by atoms with Gasteiger partial charge in [0.05, 0.1) is 0 Å². The Morgan fingerprint density at radius 1 is 1.09 bits per heavy atom. The summed E-state index contributed by atoms with van der Waals surface area (Å²) in [7, 11) is 0. The maximum atomic E-state index is 6.24. The van der Waals surface area contributed by atoms with Gasteiger partial charge in [0.2, 0.25) is 0 Å². The number of thioether (sulfide) groups is 1. The topological polar surface area (TPSA) is 0 Å². The SMILES string of the molecule is CSC1CCCCCCC1Cl. The van der Waals surface area contributed by atoms with Gasteiger partial charge in [0, 0.05) is 10.6 Å². The van der Waals surface area contributed by atoms with E-state index in [0.717, 1.165) is 5.25 Å². The number of rotatable bonds is 1. The molecule has 11 heavy (non-hydrogen) atoms. The van der Waals surface area contributed by atoms with Crippen molar-refractivity contribution in [2.75, 3.05) is 6.26 Å². The zero-order chi connectivity index (χ0) is 8.10. The number of halogens is 1. The van der Waals surface area contributed by atoms with Crippen LogP contribution in [-0.2, 0) is 0 Å². The standard InChI is InChI=1S/C9H17ClS/c1-11-9-7-5-3-2-4-6-8(9)10/h8-9H,2-7H2,1H3. The highest BCUT2D eigenvalue weighted by Gasteiger charge is 2.18. The molecule has 2 unspecified atom stereocenters. The van der Waals surface area contributed by atoms with E-state index >= 15 is 0 Å². The van der Waals surface area contributed by atoms with Crippen LogP contribution in [0.2, 0.25) is 0 Å². The van der Waals surface area contributed by atoms with E-state index in [1.807, 2.05) is 11.8 Å². The van der Waals surface area contributed by atoms with Crippen LogP contribution in [-0.4, -0.2) is 16.9 Å². The summed E-state index contributed by atoms with van der Waals surface area (Å²) in [5.41, 5.74) is 0. The molecule has 1 aliphatic rings. The summed E-state index contributed by atoms with van der Waals surface area (Å²) in [6.45, 7) is 0. The Kier molecular flexibility index (Phi) is 4.70. The van der Waals surface area contributed by atoms with Crippen LogP contribution in [0.25, 0.3) is 0 Å². The average Bonchev–Trinajstić information content (AvgIpc) is 1.98. The van der Waals surface area contributed by atoms with Gasteiger partial charge < -0.3 is 0 Å². The molecule has 0 aromatic rings. The van der Waals surface area contributed by atoms with Crippen molar-refractivity contribution in [2.24, 2.45) is 0 Å². The molecule has 0 N–H and O–H groups in total. The van der Waals surface area contributed by atoms with E-state index in [1.54, 1.807) is 0 Å². The van der Waals surface area contributed by atoms with E-state index in [-0.39, 0.29) is 0 Å². The molecule has 2 atom stereocenters. The summed E-state index contributed by atoms with van der Waals surface area (Å²) in [5, 5.41) is 1.15. The molecule has 1 fully saturated rings. The van der Waals surface area contributed by atoms with Crippen LogP contribution in [0.4, 0.5) is 0 Å². The van der Waals surface area contributed by atoms with E-state index in [2.05, 4.69) is 6.26 Å². The number of alkyl halides is 1. The first-order valence-corrected chi connectivity index (χ1v) is 6.24. The zero-order valence-electron chi connectivity index (χ0n) is 7.18. The fraction of sp³-hybridized carbons (Fsp3) is 1.00. The van der Waals surface area contributed by atoms with Crippen molar-refractivity contribution in [3.8, 4) is 0 Å². The second-order valence-electron chi connectivity index (χ2n) is 3.28. The molecule has 0 radical (unpaired) electrons. The molecular formula is C9H17ClS. The van der Waals surface area contributed by atoms with Crippen molar-refractivity contribution < 1.29 is 0 Å². The zero-order valence-corrected chi connectivity index (χ0v) is 8.76. The van der Waals surface area contributed by atoms with Gasteiger partial charge in [-0.05, 0) is 19.1 Å². The van der Waals surface area contributed by atoms with Gasteiger partial charge in [0.25, 0.3) is 0 Å². The van der Waals surface area contributed by atoms with Crippen LogP contribution in [0, 0.1) is 0 Å². The van der Waals surface area contributed by atoms with Gasteiger partial charge >= 0.3 is 0 Å². The van der Waals surface area contributed by atoms with Crippen LogP contribution < -0.4 is 0 Å². The molecule has 1 aliphatic carbocycles. The van der Waals surface area contributed by atoms with Crippen molar-refractivity contribution in [3.05, 3.63) is 0 Å². The third-order valence-corrected chi connectivity index (χ3v) is 4.27. The number of hydrogen-bond acceptors (Lipinski definition) is 1. The summed E-state index contributed by atoms with van der Waals surface area (Å²) < 4.78 is 0. The summed E-state index contributed by atoms with van der Waals surface area (Å²) in [5.74, 6) is 0. The lowest BCUT2D eigenvalue weighted by atomic mass is 10.0. The molecule has 0 aliphatic heterocycles. The molecule has 2 heteroatoms. The molecule has 0 saturated heterocycles. The fourth-order valence-electron chi connectivity index (χ4n) is 1.67. The molecule has 0 aromatic heterocycles. The highest BCUT2D eigenvalue weighted by Crippen LogP contribution is 2.28. The first-order valence-electron chi connectivity index (χ1n) is 4.51. The minimum atomic E-state index is 0.435. The summed E-state index contributed by atoms with van der Waals surface area (Å²) in [4.78, 5) is 0. The third kappa shape index (κ3) is 3.25. The normalized spacial score (nSPS) is 34.4. The van der Waals surface area contributed by atoms with Crippen molar-refractivity contribution >= 4 is 23.4 Å². The molecule has 1 saturated carbocycles. The van der Waals surface area contributed by atoms with Crippen molar-refractivity contribution in [1.29, 1.82) is 0 Å². The lowest BCUT2D eigenvalue weighted by molar-refractivity contribution is 0.518. The molecule has 0 bridgehead atoms. The Hall–Kier alpha value is 0.640. The molecule has 0 spiro atoms. The lowest BCUT2D eigenvalue weighted by Crippen LogP contribution is -2.18. The fourth-order valence-corrected chi connectivity index (χ4v) is 3.09. The van der Waals surface area contributed by atoms with Gasteiger partial charge in [-0.1, -0.05) is 25.7 Å². The van der Waals surface area contributed by atoms with Gasteiger partial charge in [-0.3, -0.25) is 0 Å². The molecule has 0 heterocycles. The Bertz CT molecular complexity index is 106. The van der Waals surface area contributed by atoms with Gasteiger partial charge in [-0.2, -0.15) is 11.8 Å². The van der Waals surface area contributed by atoms with Gasteiger partial charge in [-0.25, -0.2) is 0 Å². The van der Waals surface area contributed by atoms with E-state index in [4.69, 9.17) is 11.6 Å². The maximum absolute atomic E-state index is 6.24. The quantitative estimate of drug-likeness (QED) is 0.572. The van der Waals surface area contributed by atoms with Crippen molar-refractivity contribution in [3.63, 3.8) is 0 Å². The second-order valence-corrected chi connectivity index (χ2v) is 4.92. The molecular weight excluding hydrogens is 176 g/mol. The van der Waals surface area contributed by atoms with Gasteiger partial charge in [0.1, 0.15) is 0 Å². The third-order valence-electron chi connectivity index (χ3n) is 2.42. The first-order chi connectivity index (χ1) is 5.34. The Morgan fingerprint density at radius 2 is 1.73 bits per heavy atom. The van der Waals surface area contributed by atoms with Crippen molar-refractivity contribution in [2.45, 2.75) is 49.2 Å². The molecule has 0 nitrogen and oxygen atoms in total. The van der Waals surface area contributed by atoms with E-state index in [0.29, 0.717) is 5.38 Å². The monoisotopic (exact) mass is 192 g/mol. The predicted octanol–water partition coefficient (Wildman–Crippen LogP) is 3.68. The highest BCUT2D eigenvalue weighted by atomic mass is 35.5. The smallest absolute Gasteiger partial charge is 0.0454 e. The van der Waals surface area contributed by atoms with Crippen LogP contribution in [0.3, 0.4) is 0 Å². The number of hydrogen-bond donors (Lipinski definition) is 0. The van der Waals surface area contributed by atoms with Crippen LogP contribution >= 0.6 is 23.4 Å². The van der Waals surface area contributed by atoms with E-state index in [9.17, 15) is 0 Å². The van der Waals surface area contributed by atoms with Gasteiger partial charge in [-0.15, -0.1) is 11.6 Å². The van der Waals surface area contributed by atoms with E-state index < -0.39 is 0 Å². The first kappa shape index (κ1) is 9.73. The molecule has 1 rings (SSSR count). The summed E-state index contributed by atoms with van der Waals surface area (Å²) in [6.07, 6.45) is 10.3. The molecule has 0 amide bonds. The molecule has 66 valence electrons. The maximum Gasteiger partial charge on any atom is 0.0454 e. The lowest BCUT2D eigenvalue weighted by Gasteiger charge is -2.22. The summed E-state index contributed by atoms with van der Waals surface area (Å²) in [6, 6.07) is 0. The molecule has 0 aromatic carbocycles. The van der Waals surface area contributed by atoms with Crippen molar-refractivity contribution in [1.82, 2.24) is 0 Å². The Balaban J connectivity index is 2.33. The summed E-state index contributed by atoms with van der Waals surface area (Å²) >= 11 is 8.18. The largest absolute Gasteiger partial charge is 0.160 e. The van der Waals surface area contributed by atoms with Crippen LogP contribution in [0.1, 0.15) is 38.5 Å². The van der Waals surface area contributed by atoms with Gasteiger partial charge in [0.15, 0.2) is 0 Å². The Morgan fingerprint density at radius 3 is 2.36 bits per heavy atom. The minimum Gasteiger partial charge on any atom is -0.160 e. The average molecular weight is 193 g/mol. The minimum absolute atomic E-state index is 0.435.